The number of benzene rings is 3. The zero-order chi connectivity index (χ0) is 18.2. The summed E-state index contributed by atoms with van der Waals surface area (Å²) in [6.45, 7) is 0. The van der Waals surface area contributed by atoms with Crippen molar-refractivity contribution in [1.29, 1.82) is 0 Å². The summed E-state index contributed by atoms with van der Waals surface area (Å²) in [5.41, 5.74) is 5.51. The van der Waals surface area contributed by atoms with Crippen molar-refractivity contribution >= 4 is 65.4 Å². The minimum atomic E-state index is 0. The maximum absolute atomic E-state index is 5.03. The lowest BCUT2D eigenvalue weighted by molar-refractivity contribution is 0.824. The van der Waals surface area contributed by atoms with E-state index in [9.17, 15) is 0 Å². The third kappa shape index (κ3) is 1.92. The van der Waals surface area contributed by atoms with E-state index in [-0.39, 0.29) is 5.48 Å². The van der Waals surface area contributed by atoms with Gasteiger partial charge in [-0.05, 0) is 35.0 Å². The number of aromatic nitrogens is 4. The van der Waals surface area contributed by atoms with E-state index < -0.39 is 0 Å². The largest absolute Gasteiger partial charge is 0.412 e. The average molecular weight is 374 g/mol. The van der Waals surface area contributed by atoms with Crippen LogP contribution in [0, 0.1) is 0 Å². The van der Waals surface area contributed by atoms with Crippen LogP contribution in [-0.2, 0) is 0 Å². The molecule has 0 aliphatic heterocycles. The van der Waals surface area contributed by atoms with Crippen LogP contribution in [0.2, 0.25) is 0 Å². The Morgan fingerprint density at radius 3 is 1.38 bits per heavy atom. The quantitative estimate of drug-likeness (QED) is 0.282. The first-order valence-corrected chi connectivity index (χ1v) is 9.26. The molecule has 0 unspecified atom stereocenters. The Kier molecular flexibility index (Phi) is 3.06. The second kappa shape index (κ2) is 5.53. The molecule has 0 radical (unpaired) electrons. The lowest BCUT2D eigenvalue weighted by atomic mass is 9.97. The molecule has 5 nitrogen and oxygen atoms in total. The lowest BCUT2D eigenvalue weighted by Crippen LogP contribution is -1.96. The molecule has 0 aliphatic carbocycles. The van der Waals surface area contributed by atoms with Crippen molar-refractivity contribution in [3.05, 3.63) is 73.1 Å². The first kappa shape index (κ1) is 16.0. The van der Waals surface area contributed by atoms with Crippen LogP contribution in [0.4, 0.5) is 0 Å². The molecule has 0 saturated heterocycles. The second-order valence-corrected chi connectivity index (χ2v) is 7.12. The van der Waals surface area contributed by atoms with E-state index in [1.807, 2.05) is 36.7 Å². The van der Waals surface area contributed by atoms with Crippen LogP contribution in [0.15, 0.2) is 73.1 Å². The zero-order valence-corrected chi connectivity index (χ0v) is 15.2. The number of hydrogen-bond donors (Lipinski definition) is 0. The molecule has 5 heteroatoms. The molecule has 0 saturated carbocycles. The SMILES string of the molecule is O.c1ccc2c(c1)nc1c3nc4ccccc4c4ccnc(c5nccc2c51)c43. The van der Waals surface area contributed by atoms with Gasteiger partial charge < -0.3 is 5.48 Å². The summed E-state index contributed by atoms with van der Waals surface area (Å²) in [5, 5.41) is 6.62. The number of fused-ring (bicyclic) bond motifs is 6. The summed E-state index contributed by atoms with van der Waals surface area (Å²) in [6, 6.07) is 20.6. The standard InChI is InChI=1S/C24H12N4.H2O/c1-3-7-17-13(5-1)15-9-11-25-21-19(15)23(27-17)24-20-16(10-12-26-22(20)21)14-6-2-4-8-18(14)28-24;/h1-12H;1H2. The summed E-state index contributed by atoms with van der Waals surface area (Å²) in [5.74, 6) is 0. The van der Waals surface area contributed by atoms with Gasteiger partial charge in [0.05, 0.1) is 22.1 Å². The Hall–Kier alpha value is -3.96. The molecule has 0 fully saturated rings. The molecule has 7 rings (SSSR count). The molecule has 29 heavy (non-hydrogen) atoms. The van der Waals surface area contributed by atoms with Crippen LogP contribution in [0.3, 0.4) is 0 Å². The van der Waals surface area contributed by atoms with Gasteiger partial charge in [-0.3, -0.25) is 9.97 Å². The lowest BCUT2D eigenvalue weighted by Gasteiger charge is -2.14. The van der Waals surface area contributed by atoms with E-state index in [0.717, 1.165) is 65.4 Å². The van der Waals surface area contributed by atoms with Crippen LogP contribution in [0.1, 0.15) is 0 Å². The van der Waals surface area contributed by atoms with Crippen molar-refractivity contribution in [3.8, 4) is 0 Å². The Bertz CT molecular complexity index is 1600. The van der Waals surface area contributed by atoms with E-state index in [0.29, 0.717) is 0 Å². The van der Waals surface area contributed by atoms with Crippen molar-refractivity contribution in [2.24, 2.45) is 0 Å². The second-order valence-electron chi connectivity index (χ2n) is 7.12. The maximum atomic E-state index is 5.03. The highest BCUT2D eigenvalue weighted by atomic mass is 16.0. The Morgan fingerprint density at radius 1 is 0.448 bits per heavy atom. The van der Waals surface area contributed by atoms with Gasteiger partial charge in [0.2, 0.25) is 0 Å². The Balaban J connectivity index is 0.00000165. The van der Waals surface area contributed by atoms with Crippen LogP contribution >= 0.6 is 0 Å². The summed E-state index contributed by atoms with van der Waals surface area (Å²) in [7, 11) is 0. The summed E-state index contributed by atoms with van der Waals surface area (Å²) < 4.78 is 0. The third-order valence-corrected chi connectivity index (χ3v) is 5.68. The van der Waals surface area contributed by atoms with E-state index >= 15 is 0 Å². The van der Waals surface area contributed by atoms with Crippen molar-refractivity contribution in [2.45, 2.75) is 0 Å². The fraction of sp³-hybridized carbons (Fsp3) is 0. The molecular weight excluding hydrogens is 360 g/mol. The number of rotatable bonds is 0. The number of para-hydroxylation sites is 2. The molecule has 0 spiro atoms. The van der Waals surface area contributed by atoms with Gasteiger partial charge in [0.25, 0.3) is 0 Å². The first-order valence-electron chi connectivity index (χ1n) is 9.26. The minimum Gasteiger partial charge on any atom is -0.412 e. The normalized spacial score (nSPS) is 11.9. The van der Waals surface area contributed by atoms with Crippen molar-refractivity contribution in [1.82, 2.24) is 19.9 Å². The molecule has 2 N–H and O–H groups in total. The molecule has 0 aliphatic rings. The fourth-order valence-corrected chi connectivity index (χ4v) is 4.50. The monoisotopic (exact) mass is 374 g/mol. The van der Waals surface area contributed by atoms with Gasteiger partial charge in [0.15, 0.2) is 0 Å². The van der Waals surface area contributed by atoms with Crippen LogP contribution < -0.4 is 0 Å². The molecule has 0 bridgehead atoms. The van der Waals surface area contributed by atoms with E-state index in [1.165, 1.54) is 0 Å². The number of pyridine rings is 4. The van der Waals surface area contributed by atoms with Gasteiger partial charge in [0, 0.05) is 33.9 Å². The Morgan fingerprint density at radius 2 is 0.897 bits per heavy atom. The van der Waals surface area contributed by atoms with Crippen molar-refractivity contribution < 1.29 is 5.48 Å². The molecule has 0 atom stereocenters. The number of nitrogens with zero attached hydrogens (tertiary/aromatic N) is 4. The Labute approximate surface area is 164 Å². The van der Waals surface area contributed by atoms with Gasteiger partial charge in [-0.15, -0.1) is 0 Å². The van der Waals surface area contributed by atoms with E-state index in [2.05, 4.69) is 36.4 Å². The highest BCUT2D eigenvalue weighted by Crippen LogP contribution is 2.40. The highest BCUT2D eigenvalue weighted by molar-refractivity contribution is 6.34. The van der Waals surface area contributed by atoms with Gasteiger partial charge in [0.1, 0.15) is 11.0 Å². The molecule has 0 amide bonds. The van der Waals surface area contributed by atoms with E-state index in [1.54, 1.807) is 0 Å². The highest BCUT2D eigenvalue weighted by Gasteiger charge is 2.19. The summed E-state index contributed by atoms with van der Waals surface area (Å²) >= 11 is 0. The van der Waals surface area contributed by atoms with Crippen molar-refractivity contribution in [2.75, 3.05) is 0 Å². The van der Waals surface area contributed by atoms with Gasteiger partial charge in [-0.1, -0.05) is 36.4 Å². The average Bonchev–Trinajstić information content (AvgIpc) is 2.77. The molecule has 136 valence electrons. The van der Waals surface area contributed by atoms with Crippen LogP contribution in [0.25, 0.3) is 65.4 Å². The fourth-order valence-electron chi connectivity index (χ4n) is 4.50. The maximum Gasteiger partial charge on any atom is 0.100 e. The van der Waals surface area contributed by atoms with Crippen LogP contribution in [0.5, 0.6) is 0 Å². The number of hydrogen-bond acceptors (Lipinski definition) is 4. The van der Waals surface area contributed by atoms with Crippen LogP contribution in [-0.4, -0.2) is 25.4 Å². The van der Waals surface area contributed by atoms with Crippen molar-refractivity contribution in [3.63, 3.8) is 0 Å². The van der Waals surface area contributed by atoms with Gasteiger partial charge in [-0.2, -0.15) is 0 Å². The topological polar surface area (TPSA) is 83.1 Å². The van der Waals surface area contributed by atoms with E-state index in [4.69, 9.17) is 19.9 Å². The van der Waals surface area contributed by atoms with Gasteiger partial charge >= 0.3 is 0 Å². The summed E-state index contributed by atoms with van der Waals surface area (Å²) in [4.78, 5) is 19.5. The minimum absolute atomic E-state index is 0. The summed E-state index contributed by atoms with van der Waals surface area (Å²) in [6.07, 6.45) is 3.74. The third-order valence-electron chi connectivity index (χ3n) is 5.68. The molecule has 4 heterocycles. The molecule has 7 aromatic rings. The first-order chi connectivity index (χ1) is 13.9. The molecule has 3 aromatic carbocycles. The molecule has 4 aromatic heterocycles. The predicted octanol–water partition coefficient (Wildman–Crippen LogP) is 4.80. The molecular formula is C24H14N4O. The zero-order valence-electron chi connectivity index (χ0n) is 15.2. The predicted molar refractivity (Wildman–Crippen MR) is 117 cm³/mol. The van der Waals surface area contributed by atoms with Gasteiger partial charge in [-0.25, -0.2) is 9.97 Å². The smallest absolute Gasteiger partial charge is 0.100 e.